The minimum Gasteiger partial charge on any atom is -0.311 e. The summed E-state index contributed by atoms with van der Waals surface area (Å²) in [6.07, 6.45) is 1.60. The Bertz CT molecular complexity index is 1300. The van der Waals surface area contributed by atoms with Crippen molar-refractivity contribution in [1.29, 1.82) is 0 Å². The molecule has 0 saturated carbocycles. The average Bonchev–Trinajstić information content (AvgIpc) is 3.24. The second kappa shape index (κ2) is 7.06. The van der Waals surface area contributed by atoms with Crippen molar-refractivity contribution in [1.82, 2.24) is 33.4 Å². The van der Waals surface area contributed by atoms with Crippen LogP contribution in [0, 0.1) is 0 Å². The van der Waals surface area contributed by atoms with Crippen LogP contribution in [0.15, 0.2) is 55.0 Å². The first-order valence-corrected chi connectivity index (χ1v) is 9.90. The zero-order valence-corrected chi connectivity index (χ0v) is 17.7. The molecule has 0 atom stereocenters. The molecule has 0 amide bonds. The first kappa shape index (κ1) is 18.7. The number of nitrogens with zero attached hydrogens (tertiary/aromatic N) is 7. The van der Waals surface area contributed by atoms with Crippen LogP contribution in [0.5, 0.6) is 0 Å². The van der Waals surface area contributed by atoms with Gasteiger partial charge in [0.1, 0.15) is 6.33 Å². The normalized spacial score (nSPS) is 11.4. The van der Waals surface area contributed by atoms with Crippen LogP contribution >= 0.6 is 27.7 Å². The van der Waals surface area contributed by atoms with E-state index in [0.29, 0.717) is 28.0 Å². The van der Waals surface area contributed by atoms with Crippen LogP contribution in [-0.2, 0) is 27.7 Å². The SMILES string of the molecule is Cn1cnnc1Sc1nc2c(c(=O)n(C)c(=O)n2C)n1Cc1ccc(Br)cc1. The van der Waals surface area contributed by atoms with Crippen LogP contribution in [0.2, 0.25) is 0 Å². The molecule has 0 fully saturated rings. The number of halogens is 1. The molecule has 0 aliphatic rings. The molecule has 3 heterocycles. The van der Waals surface area contributed by atoms with Crippen LogP contribution in [0.25, 0.3) is 11.2 Å². The van der Waals surface area contributed by atoms with Gasteiger partial charge in [0.15, 0.2) is 21.5 Å². The molecular formula is C17H16BrN7O2S. The van der Waals surface area contributed by atoms with Gasteiger partial charge in [-0.1, -0.05) is 28.1 Å². The predicted octanol–water partition coefficient (Wildman–Crippen LogP) is 1.52. The van der Waals surface area contributed by atoms with Gasteiger partial charge in [0.25, 0.3) is 5.56 Å². The van der Waals surface area contributed by atoms with E-state index >= 15 is 0 Å². The number of rotatable bonds is 4. The average molecular weight is 462 g/mol. The third kappa shape index (κ3) is 3.10. The number of hydrogen-bond donors (Lipinski definition) is 0. The van der Waals surface area contributed by atoms with Crippen LogP contribution in [-0.4, -0.2) is 33.4 Å². The molecule has 4 rings (SSSR count). The second-order valence-electron chi connectivity index (χ2n) is 6.31. The van der Waals surface area contributed by atoms with Gasteiger partial charge in [-0.05, 0) is 29.5 Å². The maximum absolute atomic E-state index is 12.9. The summed E-state index contributed by atoms with van der Waals surface area (Å²) in [5.41, 5.74) is 0.916. The van der Waals surface area contributed by atoms with E-state index in [2.05, 4.69) is 31.1 Å². The van der Waals surface area contributed by atoms with E-state index in [1.165, 1.54) is 23.4 Å². The summed E-state index contributed by atoms with van der Waals surface area (Å²) in [6, 6.07) is 7.83. The van der Waals surface area contributed by atoms with Crippen molar-refractivity contribution < 1.29 is 0 Å². The molecule has 0 radical (unpaired) electrons. The highest BCUT2D eigenvalue weighted by Gasteiger charge is 2.21. The van der Waals surface area contributed by atoms with Crippen LogP contribution in [0.1, 0.15) is 5.56 Å². The third-order valence-electron chi connectivity index (χ3n) is 4.42. The maximum atomic E-state index is 12.9. The lowest BCUT2D eigenvalue weighted by molar-refractivity contribution is 0.695. The number of aryl methyl sites for hydroxylation is 2. The summed E-state index contributed by atoms with van der Waals surface area (Å²) in [4.78, 5) is 29.8. The van der Waals surface area contributed by atoms with E-state index in [4.69, 9.17) is 0 Å². The van der Waals surface area contributed by atoms with Crippen molar-refractivity contribution in [3.63, 3.8) is 0 Å². The van der Waals surface area contributed by atoms with Crippen molar-refractivity contribution >= 4 is 38.9 Å². The topological polar surface area (TPSA) is 92.5 Å². The summed E-state index contributed by atoms with van der Waals surface area (Å²) >= 11 is 4.72. The Balaban J connectivity index is 1.96. The Kier molecular flexibility index (Phi) is 4.71. The summed E-state index contributed by atoms with van der Waals surface area (Å²) < 4.78 is 7.04. The molecule has 11 heteroatoms. The molecule has 28 heavy (non-hydrogen) atoms. The highest BCUT2D eigenvalue weighted by Crippen LogP contribution is 2.28. The zero-order chi connectivity index (χ0) is 20.0. The Morgan fingerprint density at radius 2 is 1.75 bits per heavy atom. The fourth-order valence-electron chi connectivity index (χ4n) is 2.87. The number of imidazole rings is 1. The van der Waals surface area contributed by atoms with Gasteiger partial charge in [0.05, 0.1) is 6.54 Å². The lowest BCUT2D eigenvalue weighted by Gasteiger charge is -2.09. The summed E-state index contributed by atoms with van der Waals surface area (Å²) in [5.74, 6) is 0. The molecule has 9 nitrogen and oxygen atoms in total. The minimum absolute atomic E-state index is 0.342. The molecule has 4 aromatic rings. The molecule has 0 bridgehead atoms. The largest absolute Gasteiger partial charge is 0.332 e. The van der Waals surface area contributed by atoms with Crippen molar-refractivity contribution in [3.05, 3.63) is 61.5 Å². The molecule has 3 aromatic heterocycles. The van der Waals surface area contributed by atoms with Crippen molar-refractivity contribution in [3.8, 4) is 0 Å². The fraction of sp³-hybridized carbons (Fsp3) is 0.235. The van der Waals surface area contributed by atoms with Gasteiger partial charge in [-0.2, -0.15) is 0 Å². The summed E-state index contributed by atoms with van der Waals surface area (Å²) in [7, 11) is 4.91. The number of aromatic nitrogens is 7. The van der Waals surface area contributed by atoms with Gasteiger partial charge in [-0.15, -0.1) is 10.2 Å². The van der Waals surface area contributed by atoms with Gasteiger partial charge >= 0.3 is 5.69 Å². The van der Waals surface area contributed by atoms with E-state index in [1.54, 1.807) is 17.9 Å². The van der Waals surface area contributed by atoms with Gasteiger partial charge in [-0.3, -0.25) is 13.9 Å². The Labute approximate surface area is 171 Å². The molecular weight excluding hydrogens is 446 g/mol. The van der Waals surface area contributed by atoms with Crippen LogP contribution in [0.4, 0.5) is 0 Å². The predicted molar refractivity (Wildman–Crippen MR) is 109 cm³/mol. The quantitative estimate of drug-likeness (QED) is 0.457. The second-order valence-corrected chi connectivity index (χ2v) is 8.16. The minimum atomic E-state index is -0.416. The van der Waals surface area contributed by atoms with Gasteiger partial charge in [0, 0.05) is 25.6 Å². The number of fused-ring (bicyclic) bond motifs is 1. The van der Waals surface area contributed by atoms with Crippen LogP contribution in [0.3, 0.4) is 0 Å². The van der Waals surface area contributed by atoms with E-state index in [9.17, 15) is 9.59 Å². The zero-order valence-electron chi connectivity index (χ0n) is 15.3. The Hall–Kier alpha value is -2.66. The lowest BCUT2D eigenvalue weighted by atomic mass is 10.2. The summed E-state index contributed by atoms with van der Waals surface area (Å²) in [5, 5.41) is 9.17. The first-order valence-electron chi connectivity index (χ1n) is 8.29. The first-order chi connectivity index (χ1) is 13.4. The Morgan fingerprint density at radius 3 is 2.39 bits per heavy atom. The van der Waals surface area contributed by atoms with E-state index in [-0.39, 0.29) is 5.56 Å². The monoisotopic (exact) mass is 461 g/mol. The van der Waals surface area contributed by atoms with E-state index in [1.807, 2.05) is 35.9 Å². The number of hydrogen-bond acceptors (Lipinski definition) is 6. The van der Waals surface area contributed by atoms with Gasteiger partial charge in [0.2, 0.25) is 0 Å². The lowest BCUT2D eigenvalue weighted by Crippen LogP contribution is -2.37. The molecule has 0 aliphatic heterocycles. The van der Waals surface area contributed by atoms with Crippen molar-refractivity contribution in [2.24, 2.45) is 21.1 Å². The third-order valence-corrected chi connectivity index (χ3v) is 5.99. The molecule has 144 valence electrons. The van der Waals surface area contributed by atoms with Gasteiger partial charge in [-0.25, -0.2) is 9.78 Å². The molecule has 0 aliphatic carbocycles. The smallest absolute Gasteiger partial charge is 0.311 e. The summed E-state index contributed by atoms with van der Waals surface area (Å²) in [6.45, 7) is 0.428. The van der Waals surface area contributed by atoms with Crippen LogP contribution < -0.4 is 11.2 Å². The highest BCUT2D eigenvalue weighted by atomic mass is 79.9. The molecule has 0 N–H and O–H groups in total. The molecule has 0 spiro atoms. The molecule has 0 unspecified atom stereocenters. The van der Waals surface area contributed by atoms with Crippen molar-refractivity contribution in [2.75, 3.05) is 0 Å². The van der Waals surface area contributed by atoms with Crippen molar-refractivity contribution in [2.45, 2.75) is 16.9 Å². The Morgan fingerprint density at radius 1 is 1.04 bits per heavy atom. The van der Waals surface area contributed by atoms with E-state index in [0.717, 1.165) is 14.6 Å². The molecule has 0 saturated heterocycles. The highest BCUT2D eigenvalue weighted by molar-refractivity contribution is 9.10. The molecule has 1 aromatic carbocycles. The number of benzene rings is 1. The van der Waals surface area contributed by atoms with Gasteiger partial charge < -0.3 is 9.13 Å². The van der Waals surface area contributed by atoms with E-state index < -0.39 is 5.69 Å². The standard InChI is InChI=1S/C17H16BrN7O2S/c1-22-9-19-21-16(22)28-15-20-13-12(14(26)24(3)17(27)23(13)2)25(15)8-10-4-6-11(18)7-5-10/h4-7,9H,8H2,1-3H3. The maximum Gasteiger partial charge on any atom is 0.332 e. The fourth-order valence-corrected chi connectivity index (χ4v) is 3.98.